The highest BCUT2D eigenvalue weighted by molar-refractivity contribution is 5.72. The number of nitrogens with one attached hydrogen (secondary N) is 1. The smallest absolute Gasteiger partial charge is 0.320 e. The van der Waals surface area contributed by atoms with E-state index in [4.69, 9.17) is 14.9 Å². The number of hydrogen-bond donors (Lipinski definition) is 3. The van der Waals surface area contributed by atoms with Gasteiger partial charge in [0.05, 0.1) is 19.8 Å². The number of rotatable bonds is 7. The zero-order valence-electron chi connectivity index (χ0n) is 7.12. The first kappa shape index (κ1) is 11.4. The SMILES string of the molecule is C[C@@H](NCCOCCO)C(=O)O. The number of aliphatic carboxylic acids is 1. The summed E-state index contributed by atoms with van der Waals surface area (Å²) in [5, 5.41) is 19.5. The first-order valence-electron chi connectivity index (χ1n) is 3.83. The highest BCUT2D eigenvalue weighted by Gasteiger charge is 2.07. The Morgan fingerprint density at radius 2 is 2.25 bits per heavy atom. The summed E-state index contributed by atoms with van der Waals surface area (Å²) in [4.78, 5) is 10.3. The monoisotopic (exact) mass is 177 g/mol. The number of ether oxygens (including phenoxy) is 1. The first-order valence-corrected chi connectivity index (χ1v) is 3.83. The molecule has 5 nitrogen and oxygen atoms in total. The summed E-state index contributed by atoms with van der Waals surface area (Å²) >= 11 is 0. The number of carbonyl (C=O) groups is 1. The Labute approximate surface area is 71.3 Å². The fourth-order valence-electron chi connectivity index (χ4n) is 0.602. The fourth-order valence-corrected chi connectivity index (χ4v) is 0.602. The lowest BCUT2D eigenvalue weighted by atomic mass is 10.3. The largest absolute Gasteiger partial charge is 0.480 e. The van der Waals surface area contributed by atoms with Gasteiger partial charge in [-0.15, -0.1) is 0 Å². The maximum atomic E-state index is 10.3. The molecule has 0 aromatic carbocycles. The van der Waals surface area contributed by atoms with E-state index >= 15 is 0 Å². The van der Waals surface area contributed by atoms with Gasteiger partial charge in [-0.05, 0) is 6.92 Å². The average molecular weight is 177 g/mol. The minimum absolute atomic E-state index is 0.00547. The number of aliphatic hydroxyl groups is 1. The summed E-state index contributed by atoms with van der Waals surface area (Å²) in [6.07, 6.45) is 0. The second kappa shape index (κ2) is 7.02. The van der Waals surface area contributed by atoms with Crippen molar-refractivity contribution in [2.45, 2.75) is 13.0 Å². The number of aliphatic hydroxyl groups excluding tert-OH is 1. The summed E-state index contributed by atoms with van der Waals surface area (Å²) in [5.74, 6) is -0.878. The number of carboxylic acids is 1. The van der Waals surface area contributed by atoms with E-state index in [0.717, 1.165) is 0 Å². The van der Waals surface area contributed by atoms with Crippen molar-refractivity contribution < 1.29 is 19.7 Å². The van der Waals surface area contributed by atoms with Crippen LogP contribution in [-0.2, 0) is 9.53 Å². The standard InChI is InChI=1S/C7H15NO4/c1-6(7(10)11)8-2-4-12-5-3-9/h6,8-9H,2-5H2,1H3,(H,10,11)/t6-/m1/s1. The van der Waals surface area contributed by atoms with Crippen LogP contribution >= 0.6 is 0 Å². The molecule has 0 bridgehead atoms. The maximum absolute atomic E-state index is 10.3. The van der Waals surface area contributed by atoms with Crippen molar-refractivity contribution in [3.8, 4) is 0 Å². The van der Waals surface area contributed by atoms with Gasteiger partial charge in [0, 0.05) is 6.54 Å². The van der Waals surface area contributed by atoms with Crippen molar-refractivity contribution in [1.29, 1.82) is 0 Å². The van der Waals surface area contributed by atoms with Gasteiger partial charge in [0.25, 0.3) is 0 Å². The topological polar surface area (TPSA) is 78.8 Å². The summed E-state index contributed by atoms with van der Waals surface area (Å²) in [6.45, 7) is 2.75. The Balaban J connectivity index is 3.14. The van der Waals surface area contributed by atoms with Crippen LogP contribution in [0, 0.1) is 0 Å². The molecule has 0 aliphatic heterocycles. The molecule has 0 radical (unpaired) electrons. The molecule has 0 aromatic heterocycles. The Bertz CT molecular complexity index is 129. The summed E-state index contributed by atoms with van der Waals surface area (Å²) in [7, 11) is 0. The predicted octanol–water partition coefficient (Wildman–Crippen LogP) is -0.942. The van der Waals surface area contributed by atoms with Gasteiger partial charge in [0.1, 0.15) is 6.04 Å². The normalized spacial score (nSPS) is 12.8. The van der Waals surface area contributed by atoms with E-state index in [9.17, 15) is 4.79 Å². The minimum atomic E-state index is -0.878. The molecular formula is C7H15NO4. The fraction of sp³-hybridized carbons (Fsp3) is 0.857. The lowest BCUT2D eigenvalue weighted by Crippen LogP contribution is -2.35. The third kappa shape index (κ3) is 6.09. The molecule has 12 heavy (non-hydrogen) atoms. The Hall–Kier alpha value is -0.650. The molecule has 0 aliphatic carbocycles. The van der Waals surface area contributed by atoms with Crippen LogP contribution < -0.4 is 5.32 Å². The molecule has 5 heteroatoms. The summed E-state index contributed by atoms with van der Waals surface area (Å²) in [5.41, 5.74) is 0. The van der Waals surface area contributed by atoms with Gasteiger partial charge in [-0.2, -0.15) is 0 Å². The van der Waals surface area contributed by atoms with Crippen LogP contribution in [0.15, 0.2) is 0 Å². The maximum Gasteiger partial charge on any atom is 0.320 e. The highest BCUT2D eigenvalue weighted by Crippen LogP contribution is 1.80. The molecule has 0 spiro atoms. The van der Waals surface area contributed by atoms with Crippen LogP contribution in [0.3, 0.4) is 0 Å². The minimum Gasteiger partial charge on any atom is -0.480 e. The molecular weight excluding hydrogens is 162 g/mol. The average Bonchev–Trinajstić information content (AvgIpc) is 2.03. The molecule has 0 saturated heterocycles. The van der Waals surface area contributed by atoms with Crippen LogP contribution in [-0.4, -0.2) is 48.6 Å². The van der Waals surface area contributed by atoms with Gasteiger partial charge >= 0.3 is 5.97 Å². The van der Waals surface area contributed by atoms with Crippen LogP contribution in [0.1, 0.15) is 6.92 Å². The van der Waals surface area contributed by atoms with E-state index in [1.807, 2.05) is 0 Å². The molecule has 3 N–H and O–H groups in total. The van der Waals surface area contributed by atoms with Crippen LogP contribution in [0.4, 0.5) is 0 Å². The molecule has 0 amide bonds. The molecule has 72 valence electrons. The van der Waals surface area contributed by atoms with Crippen LogP contribution in [0.25, 0.3) is 0 Å². The Kier molecular flexibility index (Phi) is 6.64. The number of hydrogen-bond acceptors (Lipinski definition) is 4. The van der Waals surface area contributed by atoms with Gasteiger partial charge < -0.3 is 20.3 Å². The van der Waals surface area contributed by atoms with E-state index < -0.39 is 12.0 Å². The van der Waals surface area contributed by atoms with Crippen molar-refractivity contribution >= 4 is 5.97 Å². The third-order valence-corrected chi connectivity index (χ3v) is 1.30. The Morgan fingerprint density at radius 3 is 2.75 bits per heavy atom. The van der Waals surface area contributed by atoms with Crippen LogP contribution in [0.5, 0.6) is 0 Å². The van der Waals surface area contributed by atoms with Crippen molar-refractivity contribution in [3.05, 3.63) is 0 Å². The third-order valence-electron chi connectivity index (χ3n) is 1.30. The first-order chi connectivity index (χ1) is 5.68. The van der Waals surface area contributed by atoms with Gasteiger partial charge in [0.2, 0.25) is 0 Å². The zero-order chi connectivity index (χ0) is 9.40. The van der Waals surface area contributed by atoms with E-state index in [0.29, 0.717) is 19.8 Å². The van der Waals surface area contributed by atoms with Gasteiger partial charge in [-0.25, -0.2) is 0 Å². The summed E-state index contributed by atoms with van der Waals surface area (Å²) < 4.78 is 4.91. The molecule has 0 aliphatic rings. The second-order valence-corrected chi connectivity index (χ2v) is 2.35. The molecule has 0 unspecified atom stereocenters. The van der Waals surface area contributed by atoms with Gasteiger partial charge in [0.15, 0.2) is 0 Å². The lowest BCUT2D eigenvalue weighted by molar-refractivity contribution is -0.139. The van der Waals surface area contributed by atoms with Crippen molar-refractivity contribution in [3.63, 3.8) is 0 Å². The molecule has 0 rings (SSSR count). The molecule has 0 saturated carbocycles. The molecule has 0 heterocycles. The quantitative estimate of drug-likeness (QED) is 0.437. The summed E-state index contributed by atoms with van der Waals surface area (Å²) in [6, 6.07) is -0.553. The van der Waals surface area contributed by atoms with Crippen molar-refractivity contribution in [1.82, 2.24) is 5.32 Å². The predicted molar refractivity (Wildman–Crippen MR) is 43.0 cm³/mol. The molecule has 0 fully saturated rings. The molecule has 1 atom stereocenters. The second-order valence-electron chi connectivity index (χ2n) is 2.35. The lowest BCUT2D eigenvalue weighted by Gasteiger charge is -2.08. The van der Waals surface area contributed by atoms with Crippen molar-refractivity contribution in [2.75, 3.05) is 26.4 Å². The zero-order valence-corrected chi connectivity index (χ0v) is 7.12. The van der Waals surface area contributed by atoms with E-state index in [1.165, 1.54) is 0 Å². The van der Waals surface area contributed by atoms with E-state index in [-0.39, 0.29) is 6.61 Å². The van der Waals surface area contributed by atoms with E-state index in [2.05, 4.69) is 5.32 Å². The van der Waals surface area contributed by atoms with Gasteiger partial charge in [-0.1, -0.05) is 0 Å². The van der Waals surface area contributed by atoms with Crippen molar-refractivity contribution in [2.24, 2.45) is 0 Å². The molecule has 0 aromatic rings. The van der Waals surface area contributed by atoms with E-state index in [1.54, 1.807) is 6.92 Å². The van der Waals surface area contributed by atoms with Crippen LogP contribution in [0.2, 0.25) is 0 Å². The Morgan fingerprint density at radius 1 is 1.58 bits per heavy atom. The van der Waals surface area contributed by atoms with Gasteiger partial charge in [-0.3, -0.25) is 4.79 Å². The number of carboxylic acid groups (broad SMARTS) is 1. The highest BCUT2D eigenvalue weighted by atomic mass is 16.5.